The molecule has 1 heteroatoms. The van der Waals surface area contributed by atoms with E-state index in [4.69, 9.17) is 0 Å². The van der Waals surface area contributed by atoms with Crippen molar-refractivity contribution in [3.63, 3.8) is 0 Å². The van der Waals surface area contributed by atoms with Crippen molar-refractivity contribution >= 4 is 0 Å². The molecule has 1 aromatic rings. The van der Waals surface area contributed by atoms with Crippen molar-refractivity contribution in [3.05, 3.63) is 35.9 Å². The Morgan fingerprint density at radius 1 is 1.29 bits per heavy atom. The van der Waals surface area contributed by atoms with Crippen LogP contribution in [0.15, 0.2) is 30.3 Å². The van der Waals surface area contributed by atoms with Crippen LogP contribution in [0.5, 0.6) is 0 Å². The molecule has 0 unspecified atom stereocenters. The van der Waals surface area contributed by atoms with E-state index in [1.54, 1.807) is 0 Å². The number of benzene rings is 1. The van der Waals surface area contributed by atoms with Gasteiger partial charge in [-0.05, 0) is 18.9 Å². The molecule has 2 atom stereocenters. The summed E-state index contributed by atoms with van der Waals surface area (Å²) in [5.74, 6) is 0.714. The maximum Gasteiger partial charge on any atom is 0.0231 e. The summed E-state index contributed by atoms with van der Waals surface area (Å²) in [5, 5.41) is 3.64. The lowest BCUT2D eigenvalue weighted by Crippen LogP contribution is -2.35. The van der Waals surface area contributed by atoms with Crippen LogP contribution < -0.4 is 5.32 Å². The number of hydrogen-bond acceptors (Lipinski definition) is 1. The molecule has 0 aliphatic heterocycles. The standard InChI is InChI=1S/C13H19N/c1-10(2)14-13(3)9-12(13)11-7-5-4-6-8-11/h4-8,10,12,14H,9H2,1-3H3/t12-,13-/m1/s1. The molecule has 0 spiro atoms. The molecule has 1 aliphatic rings. The van der Waals surface area contributed by atoms with Gasteiger partial charge in [0.1, 0.15) is 0 Å². The molecule has 0 aromatic heterocycles. The largest absolute Gasteiger partial charge is 0.309 e. The maximum atomic E-state index is 3.64. The Labute approximate surface area is 86.5 Å². The van der Waals surface area contributed by atoms with Crippen LogP contribution in [0.1, 0.15) is 38.7 Å². The zero-order valence-electron chi connectivity index (χ0n) is 9.25. The SMILES string of the molecule is CC(C)N[C@]1(C)C[C@@H]1c1ccccc1. The second kappa shape index (κ2) is 3.39. The fraction of sp³-hybridized carbons (Fsp3) is 0.538. The zero-order chi connectivity index (χ0) is 10.2. The van der Waals surface area contributed by atoms with Crippen LogP contribution in [-0.4, -0.2) is 11.6 Å². The van der Waals surface area contributed by atoms with E-state index in [9.17, 15) is 0 Å². The molecule has 1 nitrogen and oxygen atoms in total. The summed E-state index contributed by atoms with van der Waals surface area (Å²) in [4.78, 5) is 0. The Kier molecular flexibility index (Phi) is 2.36. The van der Waals surface area contributed by atoms with E-state index >= 15 is 0 Å². The summed E-state index contributed by atoms with van der Waals surface area (Å²) >= 11 is 0. The molecular weight excluding hydrogens is 170 g/mol. The summed E-state index contributed by atoms with van der Waals surface area (Å²) in [7, 11) is 0. The number of rotatable bonds is 3. The molecule has 1 aliphatic carbocycles. The van der Waals surface area contributed by atoms with E-state index in [-0.39, 0.29) is 0 Å². The van der Waals surface area contributed by atoms with Crippen LogP contribution in [0, 0.1) is 0 Å². The highest BCUT2D eigenvalue weighted by molar-refractivity contribution is 5.32. The molecule has 0 bridgehead atoms. The van der Waals surface area contributed by atoms with Gasteiger partial charge in [0.25, 0.3) is 0 Å². The van der Waals surface area contributed by atoms with Gasteiger partial charge in [-0.1, -0.05) is 44.2 Å². The van der Waals surface area contributed by atoms with Crippen LogP contribution in [0.2, 0.25) is 0 Å². The fourth-order valence-corrected chi connectivity index (χ4v) is 2.36. The lowest BCUT2D eigenvalue weighted by atomic mass is 10.1. The van der Waals surface area contributed by atoms with E-state index in [1.807, 2.05) is 0 Å². The van der Waals surface area contributed by atoms with Crippen LogP contribution in [0.4, 0.5) is 0 Å². The second-order valence-electron chi connectivity index (χ2n) is 4.88. The molecule has 1 aromatic carbocycles. The van der Waals surface area contributed by atoms with Crippen LogP contribution in [0.3, 0.4) is 0 Å². The Bertz CT molecular complexity index is 304. The zero-order valence-corrected chi connectivity index (χ0v) is 9.25. The Morgan fingerprint density at radius 2 is 1.93 bits per heavy atom. The van der Waals surface area contributed by atoms with Crippen LogP contribution in [-0.2, 0) is 0 Å². The van der Waals surface area contributed by atoms with Gasteiger partial charge in [0.2, 0.25) is 0 Å². The highest BCUT2D eigenvalue weighted by Crippen LogP contribution is 2.51. The Morgan fingerprint density at radius 3 is 2.50 bits per heavy atom. The summed E-state index contributed by atoms with van der Waals surface area (Å²) in [5.41, 5.74) is 1.82. The lowest BCUT2D eigenvalue weighted by Gasteiger charge is -2.17. The normalized spacial score (nSPS) is 30.7. The van der Waals surface area contributed by atoms with Crippen molar-refractivity contribution in [2.75, 3.05) is 0 Å². The van der Waals surface area contributed by atoms with Gasteiger partial charge in [-0.25, -0.2) is 0 Å². The summed E-state index contributed by atoms with van der Waals surface area (Å²) < 4.78 is 0. The van der Waals surface area contributed by atoms with Crippen molar-refractivity contribution in [2.45, 2.75) is 44.7 Å². The third kappa shape index (κ3) is 1.83. The lowest BCUT2D eigenvalue weighted by molar-refractivity contribution is 0.466. The monoisotopic (exact) mass is 189 g/mol. The quantitative estimate of drug-likeness (QED) is 0.771. The van der Waals surface area contributed by atoms with Crippen molar-refractivity contribution in [3.8, 4) is 0 Å². The van der Waals surface area contributed by atoms with Gasteiger partial charge in [0, 0.05) is 17.5 Å². The van der Waals surface area contributed by atoms with Gasteiger partial charge >= 0.3 is 0 Å². The van der Waals surface area contributed by atoms with Gasteiger partial charge in [-0.3, -0.25) is 0 Å². The van der Waals surface area contributed by atoms with Gasteiger partial charge in [-0.15, -0.1) is 0 Å². The number of nitrogens with one attached hydrogen (secondary N) is 1. The van der Waals surface area contributed by atoms with Crippen LogP contribution in [0.25, 0.3) is 0 Å². The topological polar surface area (TPSA) is 12.0 Å². The first-order valence-electron chi connectivity index (χ1n) is 5.44. The predicted octanol–water partition coefficient (Wildman–Crippen LogP) is 2.93. The molecule has 1 N–H and O–H groups in total. The molecule has 0 amide bonds. The van der Waals surface area contributed by atoms with Crippen molar-refractivity contribution < 1.29 is 0 Å². The molecule has 1 saturated carbocycles. The predicted molar refractivity (Wildman–Crippen MR) is 60.5 cm³/mol. The highest BCUT2D eigenvalue weighted by Gasteiger charge is 2.50. The van der Waals surface area contributed by atoms with Gasteiger partial charge in [-0.2, -0.15) is 0 Å². The van der Waals surface area contributed by atoms with Gasteiger partial charge in [0.15, 0.2) is 0 Å². The first-order valence-corrected chi connectivity index (χ1v) is 5.44. The molecule has 0 saturated heterocycles. The molecule has 76 valence electrons. The maximum absolute atomic E-state index is 3.64. The van der Waals surface area contributed by atoms with E-state index in [0.717, 1.165) is 0 Å². The number of hydrogen-bond donors (Lipinski definition) is 1. The highest BCUT2D eigenvalue weighted by atomic mass is 15.1. The molecule has 14 heavy (non-hydrogen) atoms. The average Bonchev–Trinajstić information content (AvgIpc) is 2.77. The molecule has 2 rings (SSSR count). The molecule has 1 fully saturated rings. The molecule has 0 heterocycles. The third-order valence-corrected chi connectivity index (χ3v) is 3.06. The van der Waals surface area contributed by atoms with Gasteiger partial charge < -0.3 is 5.32 Å². The van der Waals surface area contributed by atoms with E-state index < -0.39 is 0 Å². The van der Waals surface area contributed by atoms with Crippen molar-refractivity contribution in [1.29, 1.82) is 0 Å². The minimum absolute atomic E-state index is 0.343. The van der Waals surface area contributed by atoms with Gasteiger partial charge in [0.05, 0.1) is 0 Å². The third-order valence-electron chi connectivity index (χ3n) is 3.06. The van der Waals surface area contributed by atoms with Crippen molar-refractivity contribution in [2.24, 2.45) is 0 Å². The smallest absolute Gasteiger partial charge is 0.0231 e. The average molecular weight is 189 g/mol. The van der Waals surface area contributed by atoms with Crippen LogP contribution >= 0.6 is 0 Å². The summed E-state index contributed by atoms with van der Waals surface area (Å²) in [6.45, 7) is 6.75. The molecular formula is C13H19N. The first-order chi connectivity index (χ1) is 6.62. The minimum Gasteiger partial charge on any atom is -0.309 e. The second-order valence-corrected chi connectivity index (χ2v) is 4.88. The molecule has 0 radical (unpaired) electrons. The fourth-order valence-electron chi connectivity index (χ4n) is 2.36. The van der Waals surface area contributed by atoms with E-state index in [0.29, 0.717) is 17.5 Å². The Balaban J connectivity index is 2.05. The van der Waals surface area contributed by atoms with Crippen molar-refractivity contribution in [1.82, 2.24) is 5.32 Å². The van der Waals surface area contributed by atoms with E-state index in [1.165, 1.54) is 12.0 Å². The van der Waals surface area contributed by atoms with E-state index in [2.05, 4.69) is 56.4 Å². The summed E-state index contributed by atoms with van der Waals surface area (Å²) in [6.07, 6.45) is 1.27. The Hall–Kier alpha value is -0.820. The minimum atomic E-state index is 0.343. The summed E-state index contributed by atoms with van der Waals surface area (Å²) in [6, 6.07) is 11.4. The first kappa shape index (κ1) is 9.72.